The summed E-state index contributed by atoms with van der Waals surface area (Å²) in [5.41, 5.74) is 3.20. The third-order valence-corrected chi connectivity index (χ3v) is 5.43. The molecule has 152 valence electrons. The molecule has 3 aromatic rings. The van der Waals surface area contributed by atoms with E-state index in [9.17, 15) is 9.59 Å². The third-order valence-electron chi connectivity index (χ3n) is 5.43. The van der Waals surface area contributed by atoms with Crippen LogP contribution in [-0.4, -0.2) is 41.8 Å². The maximum absolute atomic E-state index is 13.3. The number of carbonyl (C=O) groups excluding carboxylic acids is 2. The van der Waals surface area contributed by atoms with Crippen molar-refractivity contribution >= 4 is 11.8 Å². The minimum absolute atomic E-state index is 0.0841. The molecular weight excluding hydrogens is 376 g/mol. The second-order valence-electron chi connectivity index (χ2n) is 7.38. The maximum Gasteiger partial charge on any atom is 0.255 e. The fourth-order valence-corrected chi connectivity index (χ4v) is 3.80. The molecule has 1 atom stereocenters. The average Bonchev–Trinajstić information content (AvgIpc) is 3.24. The summed E-state index contributed by atoms with van der Waals surface area (Å²) in [6.45, 7) is 2.94. The van der Waals surface area contributed by atoms with E-state index in [0.717, 1.165) is 16.9 Å². The van der Waals surface area contributed by atoms with Gasteiger partial charge in [0.2, 0.25) is 0 Å². The van der Waals surface area contributed by atoms with E-state index >= 15 is 0 Å². The molecule has 1 saturated heterocycles. The van der Waals surface area contributed by atoms with Crippen LogP contribution in [0.5, 0.6) is 5.75 Å². The number of rotatable bonds is 4. The predicted molar refractivity (Wildman–Crippen MR) is 115 cm³/mol. The van der Waals surface area contributed by atoms with E-state index in [0.29, 0.717) is 24.2 Å². The molecule has 3 aromatic carbocycles. The topological polar surface area (TPSA) is 49.9 Å². The van der Waals surface area contributed by atoms with Crippen molar-refractivity contribution in [1.29, 1.82) is 0 Å². The first-order valence-electron chi connectivity index (χ1n) is 9.96. The molecule has 4 rings (SSSR count). The van der Waals surface area contributed by atoms with Gasteiger partial charge in [-0.1, -0.05) is 48.0 Å². The van der Waals surface area contributed by atoms with Gasteiger partial charge >= 0.3 is 0 Å². The Bertz CT molecular complexity index is 1030. The van der Waals surface area contributed by atoms with Gasteiger partial charge in [-0.25, -0.2) is 0 Å². The molecule has 0 radical (unpaired) electrons. The Balaban J connectivity index is 1.71. The van der Waals surface area contributed by atoms with Crippen LogP contribution in [0.2, 0.25) is 0 Å². The van der Waals surface area contributed by atoms with Gasteiger partial charge < -0.3 is 14.5 Å². The first kappa shape index (κ1) is 19.7. The van der Waals surface area contributed by atoms with E-state index in [1.54, 1.807) is 29.0 Å². The predicted octanol–water partition coefficient (Wildman–Crippen LogP) is 4.30. The van der Waals surface area contributed by atoms with E-state index < -0.39 is 6.17 Å². The molecule has 0 spiro atoms. The fourth-order valence-electron chi connectivity index (χ4n) is 3.80. The normalized spacial score (nSPS) is 15.9. The van der Waals surface area contributed by atoms with Gasteiger partial charge in [-0.3, -0.25) is 9.59 Å². The third kappa shape index (κ3) is 3.79. The summed E-state index contributed by atoms with van der Waals surface area (Å²) in [4.78, 5) is 30.1. The molecule has 0 saturated carbocycles. The van der Waals surface area contributed by atoms with Gasteiger partial charge in [-0.15, -0.1) is 0 Å². The SMILES string of the molecule is COc1ccc([C@@H]2N(C(=O)c3ccccc3)CCN2C(=O)c2ccc(C)cc2)cc1. The van der Waals surface area contributed by atoms with Crippen LogP contribution in [0, 0.1) is 6.92 Å². The van der Waals surface area contributed by atoms with E-state index in [4.69, 9.17) is 4.74 Å². The van der Waals surface area contributed by atoms with Crippen LogP contribution >= 0.6 is 0 Å². The summed E-state index contributed by atoms with van der Waals surface area (Å²) < 4.78 is 5.27. The van der Waals surface area contributed by atoms with E-state index in [1.165, 1.54) is 0 Å². The molecule has 0 aliphatic carbocycles. The quantitative estimate of drug-likeness (QED) is 0.656. The van der Waals surface area contributed by atoms with Crippen LogP contribution in [0.1, 0.15) is 38.0 Å². The van der Waals surface area contributed by atoms with Gasteiger partial charge in [0.25, 0.3) is 11.8 Å². The highest BCUT2D eigenvalue weighted by atomic mass is 16.5. The van der Waals surface area contributed by atoms with Gasteiger partial charge in [0, 0.05) is 24.2 Å². The van der Waals surface area contributed by atoms with Crippen molar-refractivity contribution in [2.45, 2.75) is 13.1 Å². The van der Waals surface area contributed by atoms with Gasteiger partial charge in [-0.05, 0) is 48.9 Å². The monoisotopic (exact) mass is 400 g/mol. The first-order chi connectivity index (χ1) is 14.6. The zero-order chi connectivity index (χ0) is 21.1. The van der Waals surface area contributed by atoms with Crippen LogP contribution in [0.15, 0.2) is 78.9 Å². The lowest BCUT2D eigenvalue weighted by atomic mass is 10.1. The Hall–Kier alpha value is -3.60. The van der Waals surface area contributed by atoms with Crippen molar-refractivity contribution in [3.8, 4) is 5.75 Å². The average molecular weight is 400 g/mol. The number of methoxy groups -OCH3 is 1. The van der Waals surface area contributed by atoms with Crippen LogP contribution in [-0.2, 0) is 0 Å². The Kier molecular flexibility index (Phi) is 5.53. The van der Waals surface area contributed by atoms with Crippen LogP contribution in [0.3, 0.4) is 0 Å². The Morgan fingerprint density at radius 3 is 1.83 bits per heavy atom. The Morgan fingerprint density at radius 1 is 0.767 bits per heavy atom. The second kappa shape index (κ2) is 8.41. The molecule has 5 nitrogen and oxygen atoms in total. The van der Waals surface area contributed by atoms with Crippen molar-refractivity contribution in [2.75, 3.05) is 20.2 Å². The number of nitrogens with zero attached hydrogens (tertiary/aromatic N) is 2. The number of hydrogen-bond acceptors (Lipinski definition) is 3. The lowest BCUT2D eigenvalue weighted by molar-refractivity contribution is 0.0544. The first-order valence-corrected chi connectivity index (χ1v) is 9.96. The highest BCUT2D eigenvalue weighted by Gasteiger charge is 2.39. The van der Waals surface area contributed by atoms with Gasteiger partial charge in [0.1, 0.15) is 11.9 Å². The number of hydrogen-bond donors (Lipinski definition) is 0. The molecule has 5 heteroatoms. The molecule has 0 aromatic heterocycles. The van der Waals surface area contributed by atoms with E-state index in [-0.39, 0.29) is 11.8 Å². The number of aryl methyl sites for hydroxylation is 1. The maximum atomic E-state index is 13.3. The van der Waals surface area contributed by atoms with Crippen LogP contribution in [0.25, 0.3) is 0 Å². The van der Waals surface area contributed by atoms with Crippen LogP contribution < -0.4 is 4.74 Å². The smallest absolute Gasteiger partial charge is 0.255 e. The zero-order valence-corrected chi connectivity index (χ0v) is 17.1. The molecule has 0 N–H and O–H groups in total. The largest absolute Gasteiger partial charge is 0.497 e. The lowest BCUT2D eigenvalue weighted by Gasteiger charge is -2.31. The summed E-state index contributed by atoms with van der Waals surface area (Å²) in [5.74, 6) is 0.559. The molecule has 0 bridgehead atoms. The highest BCUT2D eigenvalue weighted by Crippen LogP contribution is 2.33. The minimum Gasteiger partial charge on any atom is -0.497 e. The summed E-state index contributed by atoms with van der Waals surface area (Å²) in [7, 11) is 1.61. The minimum atomic E-state index is -0.475. The van der Waals surface area contributed by atoms with Gasteiger partial charge in [0.05, 0.1) is 7.11 Å². The van der Waals surface area contributed by atoms with Gasteiger partial charge in [0.15, 0.2) is 0 Å². The van der Waals surface area contributed by atoms with Gasteiger partial charge in [-0.2, -0.15) is 0 Å². The number of ether oxygens (including phenoxy) is 1. The molecule has 1 heterocycles. The summed E-state index contributed by atoms with van der Waals surface area (Å²) in [5, 5.41) is 0. The number of amides is 2. The standard InChI is InChI=1S/C25H24N2O3/c1-18-8-10-21(11-9-18)25(29)27-17-16-26(24(28)20-6-4-3-5-7-20)23(27)19-12-14-22(30-2)15-13-19/h3-15,23H,16-17H2,1-2H3/t23-/m1/s1. The number of benzene rings is 3. The Morgan fingerprint density at radius 2 is 1.30 bits per heavy atom. The summed E-state index contributed by atoms with van der Waals surface area (Å²) >= 11 is 0. The zero-order valence-electron chi connectivity index (χ0n) is 17.1. The molecule has 1 aliphatic rings. The summed E-state index contributed by atoms with van der Waals surface area (Å²) in [6.07, 6.45) is -0.475. The molecule has 2 amide bonds. The lowest BCUT2D eigenvalue weighted by Crippen LogP contribution is -2.38. The second-order valence-corrected chi connectivity index (χ2v) is 7.38. The van der Waals surface area contributed by atoms with Crippen molar-refractivity contribution in [1.82, 2.24) is 9.80 Å². The molecule has 1 aliphatic heterocycles. The van der Waals surface area contributed by atoms with Crippen LogP contribution in [0.4, 0.5) is 0 Å². The van der Waals surface area contributed by atoms with E-state index in [1.807, 2.05) is 73.7 Å². The van der Waals surface area contributed by atoms with Crippen molar-refractivity contribution < 1.29 is 14.3 Å². The number of carbonyl (C=O) groups is 2. The van der Waals surface area contributed by atoms with Crippen molar-refractivity contribution in [3.63, 3.8) is 0 Å². The molecule has 1 fully saturated rings. The van der Waals surface area contributed by atoms with Crippen molar-refractivity contribution in [3.05, 3.63) is 101 Å². The Labute approximate surface area is 176 Å². The molecular formula is C25H24N2O3. The van der Waals surface area contributed by atoms with E-state index in [2.05, 4.69) is 0 Å². The van der Waals surface area contributed by atoms with Crippen molar-refractivity contribution in [2.24, 2.45) is 0 Å². The fraction of sp³-hybridized carbons (Fsp3) is 0.200. The molecule has 30 heavy (non-hydrogen) atoms. The highest BCUT2D eigenvalue weighted by molar-refractivity contribution is 5.97. The molecule has 0 unspecified atom stereocenters. The summed E-state index contributed by atoms with van der Waals surface area (Å²) in [6, 6.07) is 24.3.